The Morgan fingerprint density at radius 2 is 2.21 bits per heavy atom. The minimum atomic E-state index is -1.57. The Morgan fingerprint density at radius 1 is 1.50 bits per heavy atom. The van der Waals surface area contributed by atoms with Gasteiger partial charge in [-0.15, -0.1) is 0 Å². The minimum absolute atomic E-state index is 0.339. The molecule has 84 valence electrons. The maximum Gasteiger partial charge on any atom is 0.189 e. The number of ether oxygens (including phenoxy) is 2. The molecule has 0 aromatic carbocycles. The second kappa shape index (κ2) is 5.60. The lowest BCUT2D eigenvalue weighted by atomic mass is 10.1. The molecule has 1 saturated heterocycles. The van der Waals surface area contributed by atoms with Crippen molar-refractivity contribution in [2.75, 3.05) is 13.2 Å². The summed E-state index contributed by atoms with van der Waals surface area (Å²) in [7, 11) is 0. The largest absolute Gasteiger partial charge is 0.394 e. The number of hydrogen-bond donors (Lipinski definition) is 2. The van der Waals surface area contributed by atoms with Crippen molar-refractivity contribution in [1.82, 2.24) is 0 Å². The van der Waals surface area contributed by atoms with Gasteiger partial charge in [0.15, 0.2) is 12.5 Å². The van der Waals surface area contributed by atoms with E-state index in [0.29, 0.717) is 6.61 Å². The lowest BCUT2D eigenvalue weighted by molar-refractivity contribution is -0.121. The van der Waals surface area contributed by atoms with Gasteiger partial charge in [-0.1, -0.05) is 13.3 Å². The standard InChI is InChI=1S/C9H17FO4/c1-2-3-4-13-8-6(5-11)14-9(12)7(8)10/h6-9,11-12H,2-5H2,1H3/t6-,7-,8-,9?/m1/s1. The molecule has 0 aromatic rings. The molecule has 0 radical (unpaired) electrons. The Hall–Kier alpha value is -0.230. The molecule has 1 unspecified atom stereocenters. The summed E-state index contributed by atoms with van der Waals surface area (Å²) >= 11 is 0. The van der Waals surface area contributed by atoms with Crippen molar-refractivity contribution in [3.8, 4) is 0 Å². The van der Waals surface area contributed by atoms with Crippen LogP contribution in [0, 0.1) is 0 Å². The van der Waals surface area contributed by atoms with Gasteiger partial charge in [-0.2, -0.15) is 0 Å². The highest BCUT2D eigenvalue weighted by Crippen LogP contribution is 2.25. The molecule has 0 amide bonds. The first-order valence-corrected chi connectivity index (χ1v) is 4.90. The summed E-state index contributed by atoms with van der Waals surface area (Å²) in [6.07, 6.45) is -2.85. The average Bonchev–Trinajstić information content (AvgIpc) is 2.45. The van der Waals surface area contributed by atoms with Crippen LogP contribution in [0.4, 0.5) is 4.39 Å². The number of hydrogen-bond acceptors (Lipinski definition) is 4. The molecular formula is C9H17FO4. The molecule has 14 heavy (non-hydrogen) atoms. The van der Waals surface area contributed by atoms with E-state index in [-0.39, 0.29) is 6.61 Å². The number of unbranched alkanes of at least 4 members (excludes halogenated alkanes) is 1. The van der Waals surface area contributed by atoms with E-state index in [1.807, 2.05) is 6.92 Å². The molecule has 4 atom stereocenters. The van der Waals surface area contributed by atoms with E-state index < -0.39 is 24.7 Å². The van der Waals surface area contributed by atoms with Crippen molar-refractivity contribution in [2.45, 2.75) is 44.4 Å². The molecule has 2 N–H and O–H groups in total. The van der Waals surface area contributed by atoms with Crippen molar-refractivity contribution >= 4 is 0 Å². The highest BCUT2D eigenvalue weighted by Gasteiger charge is 2.44. The first-order chi connectivity index (χ1) is 6.70. The van der Waals surface area contributed by atoms with Crippen molar-refractivity contribution in [3.05, 3.63) is 0 Å². The quantitative estimate of drug-likeness (QED) is 0.634. The van der Waals surface area contributed by atoms with E-state index in [0.717, 1.165) is 12.8 Å². The number of halogens is 1. The molecule has 1 fully saturated rings. The monoisotopic (exact) mass is 208 g/mol. The van der Waals surface area contributed by atoms with Crippen LogP contribution < -0.4 is 0 Å². The van der Waals surface area contributed by atoms with E-state index in [4.69, 9.17) is 19.7 Å². The molecule has 1 heterocycles. The molecule has 0 bridgehead atoms. The van der Waals surface area contributed by atoms with Crippen molar-refractivity contribution in [2.24, 2.45) is 0 Å². The maximum absolute atomic E-state index is 13.2. The second-order valence-electron chi connectivity index (χ2n) is 3.38. The van der Waals surface area contributed by atoms with Crippen LogP contribution in [0.2, 0.25) is 0 Å². The lowest BCUT2D eigenvalue weighted by Gasteiger charge is -2.17. The fourth-order valence-corrected chi connectivity index (χ4v) is 1.41. The average molecular weight is 208 g/mol. The fourth-order valence-electron chi connectivity index (χ4n) is 1.41. The SMILES string of the molecule is CCCCO[C@@H]1[C@@H](CO)OC(O)[C@@H]1F. The Bertz CT molecular complexity index is 167. The summed E-state index contributed by atoms with van der Waals surface area (Å²) in [6, 6.07) is 0. The van der Waals surface area contributed by atoms with Crippen LogP contribution in [0.3, 0.4) is 0 Å². The van der Waals surface area contributed by atoms with Crippen LogP contribution in [-0.2, 0) is 9.47 Å². The van der Waals surface area contributed by atoms with E-state index in [9.17, 15) is 4.39 Å². The summed E-state index contributed by atoms with van der Waals surface area (Å²) < 4.78 is 23.2. The Balaban J connectivity index is 2.38. The van der Waals surface area contributed by atoms with Gasteiger partial charge in [0.25, 0.3) is 0 Å². The van der Waals surface area contributed by atoms with E-state index in [1.165, 1.54) is 0 Å². The van der Waals surface area contributed by atoms with Crippen molar-refractivity contribution in [3.63, 3.8) is 0 Å². The highest BCUT2D eigenvalue weighted by molar-refractivity contribution is 4.87. The van der Waals surface area contributed by atoms with Crippen LogP contribution in [0.1, 0.15) is 19.8 Å². The third kappa shape index (κ3) is 2.63. The van der Waals surface area contributed by atoms with Gasteiger partial charge in [0.05, 0.1) is 6.61 Å². The van der Waals surface area contributed by atoms with Crippen LogP contribution in [0.25, 0.3) is 0 Å². The predicted octanol–water partition coefficient (Wildman–Crippen LogP) is 0.219. The third-order valence-corrected chi connectivity index (χ3v) is 2.26. The first kappa shape index (κ1) is 11.8. The Morgan fingerprint density at radius 3 is 2.79 bits per heavy atom. The summed E-state index contributed by atoms with van der Waals surface area (Å²) in [5.41, 5.74) is 0. The molecule has 0 aliphatic carbocycles. The topological polar surface area (TPSA) is 58.9 Å². The number of rotatable bonds is 5. The Labute approximate surface area is 82.6 Å². The van der Waals surface area contributed by atoms with Gasteiger partial charge < -0.3 is 19.7 Å². The van der Waals surface area contributed by atoms with Crippen LogP contribution in [0.15, 0.2) is 0 Å². The van der Waals surface area contributed by atoms with E-state index >= 15 is 0 Å². The molecule has 0 spiro atoms. The van der Waals surface area contributed by atoms with Crippen molar-refractivity contribution in [1.29, 1.82) is 0 Å². The zero-order chi connectivity index (χ0) is 10.6. The van der Waals surface area contributed by atoms with Crippen molar-refractivity contribution < 1.29 is 24.1 Å². The first-order valence-electron chi connectivity index (χ1n) is 4.90. The van der Waals surface area contributed by atoms with Gasteiger partial charge in [-0.25, -0.2) is 4.39 Å². The number of aliphatic hydroxyl groups excluding tert-OH is 2. The predicted molar refractivity (Wildman–Crippen MR) is 47.5 cm³/mol. The van der Waals surface area contributed by atoms with Gasteiger partial charge in [-0.3, -0.25) is 0 Å². The van der Waals surface area contributed by atoms with Gasteiger partial charge in [0, 0.05) is 6.61 Å². The van der Waals surface area contributed by atoms with Gasteiger partial charge in [-0.05, 0) is 6.42 Å². The number of alkyl halides is 1. The second-order valence-corrected chi connectivity index (χ2v) is 3.38. The summed E-state index contributed by atoms with van der Waals surface area (Å²) in [5, 5.41) is 17.9. The zero-order valence-corrected chi connectivity index (χ0v) is 8.23. The van der Waals surface area contributed by atoms with E-state index in [1.54, 1.807) is 0 Å². The summed E-state index contributed by atoms with van der Waals surface area (Å²) in [6.45, 7) is 2.09. The fraction of sp³-hybridized carbons (Fsp3) is 1.00. The van der Waals surface area contributed by atoms with E-state index in [2.05, 4.69) is 0 Å². The lowest BCUT2D eigenvalue weighted by Crippen LogP contribution is -2.34. The minimum Gasteiger partial charge on any atom is -0.394 e. The molecule has 1 aliphatic heterocycles. The molecule has 1 rings (SSSR count). The van der Waals surface area contributed by atoms with Gasteiger partial charge in [0.1, 0.15) is 12.2 Å². The zero-order valence-electron chi connectivity index (χ0n) is 8.23. The summed E-state index contributed by atoms with van der Waals surface area (Å²) in [5.74, 6) is 0. The van der Waals surface area contributed by atoms with Crippen LogP contribution in [0.5, 0.6) is 0 Å². The number of aliphatic hydroxyl groups is 2. The molecule has 5 heteroatoms. The van der Waals surface area contributed by atoms with Crippen LogP contribution in [-0.4, -0.2) is 48.1 Å². The molecule has 0 saturated carbocycles. The molecule has 0 aromatic heterocycles. The summed E-state index contributed by atoms with van der Waals surface area (Å²) in [4.78, 5) is 0. The maximum atomic E-state index is 13.2. The van der Waals surface area contributed by atoms with Crippen LogP contribution >= 0.6 is 0 Å². The normalized spacial score (nSPS) is 37.7. The van der Waals surface area contributed by atoms with Gasteiger partial charge >= 0.3 is 0 Å². The smallest absolute Gasteiger partial charge is 0.189 e. The molecule has 1 aliphatic rings. The third-order valence-electron chi connectivity index (χ3n) is 2.26. The molecular weight excluding hydrogens is 191 g/mol. The Kier molecular flexibility index (Phi) is 4.74. The molecule has 4 nitrogen and oxygen atoms in total. The van der Waals surface area contributed by atoms with Gasteiger partial charge in [0.2, 0.25) is 0 Å². The highest BCUT2D eigenvalue weighted by atomic mass is 19.1.